The lowest BCUT2D eigenvalue weighted by Gasteiger charge is -2.40. The summed E-state index contributed by atoms with van der Waals surface area (Å²) in [6.45, 7) is 0. The number of methoxy groups -OCH3 is 1. The number of ether oxygens (including phenoxy) is 1. The predicted octanol–water partition coefficient (Wildman–Crippen LogP) is 2.56. The van der Waals surface area contributed by atoms with Crippen molar-refractivity contribution in [2.45, 2.75) is 37.1 Å². The Bertz CT molecular complexity index is 923. The molecule has 0 radical (unpaired) electrons. The number of rotatable bonds is 6. The molecule has 1 saturated carbocycles. The second-order valence-corrected chi connectivity index (χ2v) is 8.10. The van der Waals surface area contributed by atoms with Gasteiger partial charge in [-0.3, -0.25) is 9.52 Å². The fourth-order valence-electron chi connectivity index (χ4n) is 3.80. The van der Waals surface area contributed by atoms with Crippen molar-refractivity contribution in [2.75, 3.05) is 12.4 Å². The molecule has 0 bridgehead atoms. The molecule has 0 unspecified atom stereocenters. The van der Waals surface area contributed by atoms with Crippen LogP contribution in [0.25, 0.3) is 0 Å². The maximum absolute atomic E-state index is 12.8. The van der Waals surface area contributed by atoms with E-state index in [1.54, 1.807) is 29.0 Å². The summed E-state index contributed by atoms with van der Waals surface area (Å²) in [7, 11) is -3.37. The first-order valence-electron chi connectivity index (χ1n) is 9.06. The Labute approximate surface area is 165 Å². The maximum atomic E-state index is 12.8. The minimum Gasteiger partial charge on any atom is -0.731 e. The monoisotopic (exact) mass is 403 g/mol. The van der Waals surface area contributed by atoms with Crippen molar-refractivity contribution >= 4 is 21.9 Å². The van der Waals surface area contributed by atoms with Crippen LogP contribution in [0.3, 0.4) is 0 Å². The fraction of sp³-hybridized carbons (Fsp3) is 0.350. The number of carbonyl (C=O) groups excluding carboxylic acids is 1. The van der Waals surface area contributed by atoms with Crippen LogP contribution in [0.2, 0.25) is 0 Å². The van der Waals surface area contributed by atoms with E-state index in [-0.39, 0.29) is 6.04 Å². The molecule has 2 aromatic rings. The molecule has 1 fully saturated rings. The van der Waals surface area contributed by atoms with Gasteiger partial charge in [-0.2, -0.15) is 0 Å². The highest BCUT2D eigenvalue weighted by atomic mass is 32.2. The Balaban J connectivity index is 1.85. The summed E-state index contributed by atoms with van der Waals surface area (Å²) in [5.41, 5.74) is 0.542. The topological polar surface area (TPSA) is 108 Å². The van der Waals surface area contributed by atoms with Crippen LogP contribution in [0.4, 0.5) is 5.69 Å². The van der Waals surface area contributed by atoms with Gasteiger partial charge in [0.05, 0.1) is 12.5 Å². The van der Waals surface area contributed by atoms with Crippen molar-refractivity contribution in [1.29, 1.82) is 0 Å². The second kappa shape index (κ2) is 8.20. The number of carbonyl (C=O) groups is 1. The Kier molecular flexibility index (Phi) is 5.90. The molecule has 0 heterocycles. The van der Waals surface area contributed by atoms with Gasteiger partial charge in [-0.25, -0.2) is 8.42 Å². The largest absolute Gasteiger partial charge is 0.731 e. The van der Waals surface area contributed by atoms with E-state index in [1.165, 1.54) is 7.11 Å². The molecular formula is C20H23N2O5S-. The lowest BCUT2D eigenvalue weighted by Crippen LogP contribution is -2.49. The number of amides is 1. The standard InChI is InChI=1S/C20H24N2O5S/c1-27-18-9-5-6-15(14-18)20(19(23)22-28(24,25)26)12-10-17(11-13-20)21-16-7-3-2-4-8-16/h2-9,14,17,21H,10-13H2,1H3,(H,22,23)(H,24,25,26)/p-1. The van der Waals surface area contributed by atoms with Gasteiger partial charge in [0, 0.05) is 11.7 Å². The molecule has 0 aliphatic heterocycles. The molecule has 0 atom stereocenters. The Morgan fingerprint density at radius 2 is 1.79 bits per heavy atom. The summed E-state index contributed by atoms with van der Waals surface area (Å²) in [5, 5.41) is 3.44. The summed E-state index contributed by atoms with van der Waals surface area (Å²) >= 11 is 0. The third-order valence-electron chi connectivity index (χ3n) is 5.26. The van der Waals surface area contributed by atoms with Crippen LogP contribution in [0.15, 0.2) is 54.6 Å². The van der Waals surface area contributed by atoms with Gasteiger partial charge in [0.15, 0.2) is 10.3 Å². The van der Waals surface area contributed by atoms with Crippen LogP contribution in [0.5, 0.6) is 5.75 Å². The predicted molar refractivity (Wildman–Crippen MR) is 105 cm³/mol. The highest BCUT2D eigenvalue weighted by Crippen LogP contribution is 2.41. The lowest BCUT2D eigenvalue weighted by atomic mass is 9.67. The van der Waals surface area contributed by atoms with E-state index >= 15 is 0 Å². The van der Waals surface area contributed by atoms with Gasteiger partial charge in [-0.1, -0.05) is 30.3 Å². The van der Waals surface area contributed by atoms with Crippen LogP contribution >= 0.6 is 0 Å². The highest BCUT2D eigenvalue weighted by molar-refractivity contribution is 7.84. The molecule has 1 aliphatic rings. The number of anilines is 1. The van der Waals surface area contributed by atoms with Crippen LogP contribution in [-0.4, -0.2) is 32.0 Å². The van der Waals surface area contributed by atoms with Crippen molar-refractivity contribution in [3.8, 4) is 5.75 Å². The van der Waals surface area contributed by atoms with Crippen LogP contribution in [0, 0.1) is 0 Å². The zero-order valence-electron chi connectivity index (χ0n) is 15.6. The SMILES string of the molecule is COc1cccc(C2(C(=O)NS(=O)(=O)[O-])CCC(Nc3ccccc3)CC2)c1. The quantitative estimate of drug-likeness (QED) is 0.718. The molecule has 28 heavy (non-hydrogen) atoms. The minimum absolute atomic E-state index is 0.151. The van der Waals surface area contributed by atoms with Gasteiger partial charge >= 0.3 is 0 Å². The smallest absolute Gasteiger partial charge is 0.243 e. The van der Waals surface area contributed by atoms with Gasteiger partial charge in [0.1, 0.15) is 5.75 Å². The summed E-state index contributed by atoms with van der Waals surface area (Å²) in [6.07, 6.45) is 2.12. The van der Waals surface area contributed by atoms with E-state index in [4.69, 9.17) is 4.74 Å². The third-order valence-corrected chi connectivity index (χ3v) is 5.69. The molecule has 7 nitrogen and oxygen atoms in total. The molecule has 0 spiro atoms. The first-order chi connectivity index (χ1) is 13.3. The van der Waals surface area contributed by atoms with Crippen LogP contribution in [0.1, 0.15) is 31.2 Å². The number of hydrogen-bond acceptors (Lipinski definition) is 6. The van der Waals surface area contributed by atoms with Crippen molar-refractivity contribution in [3.63, 3.8) is 0 Å². The van der Waals surface area contributed by atoms with Crippen LogP contribution in [-0.2, 0) is 20.5 Å². The van der Waals surface area contributed by atoms with Crippen LogP contribution < -0.4 is 14.8 Å². The first kappa shape index (κ1) is 20.2. The van der Waals surface area contributed by atoms with E-state index in [1.807, 2.05) is 30.3 Å². The number of benzene rings is 2. The highest BCUT2D eigenvalue weighted by Gasteiger charge is 2.44. The Morgan fingerprint density at radius 1 is 1.11 bits per heavy atom. The van der Waals surface area contributed by atoms with Crippen molar-refractivity contribution in [1.82, 2.24) is 4.72 Å². The number of nitrogens with one attached hydrogen (secondary N) is 2. The molecular weight excluding hydrogens is 380 g/mol. The maximum Gasteiger partial charge on any atom is 0.243 e. The van der Waals surface area contributed by atoms with E-state index < -0.39 is 21.6 Å². The van der Waals surface area contributed by atoms with E-state index in [9.17, 15) is 17.8 Å². The minimum atomic E-state index is -4.89. The van der Waals surface area contributed by atoms with Gasteiger partial charge in [0.25, 0.3) is 0 Å². The van der Waals surface area contributed by atoms with Crippen molar-refractivity contribution in [2.24, 2.45) is 0 Å². The molecule has 3 rings (SSSR count). The Hall–Kier alpha value is -2.58. The van der Waals surface area contributed by atoms with E-state index in [2.05, 4.69) is 5.32 Å². The van der Waals surface area contributed by atoms with Gasteiger partial charge in [0.2, 0.25) is 5.91 Å². The molecule has 2 aromatic carbocycles. The zero-order valence-corrected chi connectivity index (χ0v) is 16.4. The van der Waals surface area contributed by atoms with Crippen molar-refractivity contribution in [3.05, 3.63) is 60.2 Å². The number of hydrogen-bond donors (Lipinski definition) is 2. The summed E-state index contributed by atoms with van der Waals surface area (Å²) in [6, 6.07) is 16.9. The molecule has 150 valence electrons. The average Bonchev–Trinajstić information content (AvgIpc) is 2.68. The normalized spacial score (nSPS) is 22.3. The molecule has 2 N–H and O–H groups in total. The summed E-state index contributed by atoms with van der Waals surface area (Å²) in [4.78, 5) is 12.8. The summed E-state index contributed by atoms with van der Waals surface area (Å²) < 4.78 is 40.4. The molecule has 1 aliphatic carbocycles. The lowest BCUT2D eigenvalue weighted by molar-refractivity contribution is -0.126. The van der Waals surface area contributed by atoms with E-state index in [0.717, 1.165) is 5.69 Å². The van der Waals surface area contributed by atoms with Gasteiger partial charge in [-0.15, -0.1) is 0 Å². The fourth-order valence-corrected chi connectivity index (χ4v) is 4.23. The van der Waals surface area contributed by atoms with Crippen molar-refractivity contribution < 1.29 is 22.5 Å². The van der Waals surface area contributed by atoms with Gasteiger partial charge in [-0.05, 0) is 55.5 Å². The first-order valence-corrected chi connectivity index (χ1v) is 10.5. The average molecular weight is 403 g/mol. The molecule has 0 saturated heterocycles. The third kappa shape index (κ3) is 4.63. The molecule has 1 amide bonds. The Morgan fingerprint density at radius 3 is 2.39 bits per heavy atom. The summed E-state index contributed by atoms with van der Waals surface area (Å²) in [5.74, 6) is -0.215. The second-order valence-electron chi connectivity index (χ2n) is 6.98. The molecule has 0 aromatic heterocycles. The zero-order chi connectivity index (χ0) is 20.2. The number of para-hydroxylation sites is 1. The van der Waals surface area contributed by atoms with E-state index in [0.29, 0.717) is 37.0 Å². The van der Waals surface area contributed by atoms with Gasteiger partial charge < -0.3 is 14.6 Å². The molecule has 8 heteroatoms.